The minimum atomic E-state index is -0.208. The Balaban J connectivity index is 2.21. The molecule has 7 heteroatoms. The second kappa shape index (κ2) is 5.27. The van der Waals surface area contributed by atoms with Crippen molar-refractivity contribution in [2.24, 2.45) is 0 Å². The van der Waals surface area contributed by atoms with E-state index in [4.69, 9.17) is 28.9 Å². The number of nitrogens with two attached hydrogens (primary N) is 1. The predicted octanol–water partition coefficient (Wildman–Crippen LogP) is 3.32. The summed E-state index contributed by atoms with van der Waals surface area (Å²) in [6.07, 6.45) is 1.56. The van der Waals surface area contributed by atoms with Gasteiger partial charge in [-0.25, -0.2) is 0 Å². The second-order valence-corrected chi connectivity index (χ2v) is 5.24. The molecule has 0 unspecified atom stereocenters. The van der Waals surface area contributed by atoms with Crippen molar-refractivity contribution in [2.75, 3.05) is 5.73 Å². The Bertz CT molecular complexity index is 869. The minimum Gasteiger partial charge on any atom is -0.382 e. The second-order valence-electron chi connectivity index (χ2n) is 4.43. The number of anilines is 1. The number of pyridine rings is 1. The molecule has 0 bridgehead atoms. The number of hydrogen-bond donors (Lipinski definition) is 3. The number of H-pyrrole nitrogens is 2. The van der Waals surface area contributed by atoms with Crippen molar-refractivity contribution >= 4 is 29.0 Å². The van der Waals surface area contributed by atoms with Gasteiger partial charge in [-0.2, -0.15) is 5.10 Å². The normalized spacial score (nSPS) is 10.8. The van der Waals surface area contributed by atoms with E-state index < -0.39 is 0 Å². The number of hydrogen-bond acceptors (Lipinski definition) is 3. The maximum atomic E-state index is 11.5. The van der Waals surface area contributed by atoms with Crippen molar-refractivity contribution in [3.05, 3.63) is 56.9 Å². The Morgan fingerprint density at radius 2 is 1.86 bits per heavy atom. The molecule has 2 aromatic heterocycles. The fourth-order valence-corrected chi connectivity index (χ4v) is 2.41. The summed E-state index contributed by atoms with van der Waals surface area (Å²) >= 11 is 12.0. The summed E-state index contributed by atoms with van der Waals surface area (Å²) in [6, 6.07) is 8.42. The lowest BCUT2D eigenvalue weighted by Crippen LogP contribution is -2.02. The Morgan fingerprint density at radius 3 is 2.57 bits per heavy atom. The van der Waals surface area contributed by atoms with Gasteiger partial charge in [0, 0.05) is 17.8 Å². The summed E-state index contributed by atoms with van der Waals surface area (Å²) in [5, 5.41) is 7.74. The van der Waals surface area contributed by atoms with Crippen LogP contribution in [0.1, 0.15) is 0 Å². The van der Waals surface area contributed by atoms with Gasteiger partial charge in [0.1, 0.15) is 0 Å². The zero-order valence-corrected chi connectivity index (χ0v) is 12.2. The van der Waals surface area contributed by atoms with E-state index in [1.165, 1.54) is 6.07 Å². The maximum Gasteiger partial charge on any atom is 0.248 e. The van der Waals surface area contributed by atoms with Gasteiger partial charge in [-0.1, -0.05) is 29.3 Å². The Labute approximate surface area is 129 Å². The third kappa shape index (κ3) is 2.53. The highest BCUT2D eigenvalue weighted by Gasteiger charge is 2.16. The van der Waals surface area contributed by atoms with Crippen LogP contribution in [0.15, 0.2) is 41.3 Å². The van der Waals surface area contributed by atoms with Crippen LogP contribution in [0.2, 0.25) is 10.0 Å². The smallest absolute Gasteiger partial charge is 0.248 e. The van der Waals surface area contributed by atoms with Crippen LogP contribution >= 0.6 is 23.2 Å². The third-order valence-electron chi connectivity index (χ3n) is 3.07. The first-order chi connectivity index (χ1) is 10.1. The summed E-state index contributed by atoms with van der Waals surface area (Å²) in [5.41, 5.74) is 8.51. The Morgan fingerprint density at radius 1 is 1.05 bits per heavy atom. The van der Waals surface area contributed by atoms with E-state index in [-0.39, 0.29) is 5.56 Å². The third-order valence-corrected chi connectivity index (χ3v) is 3.81. The molecule has 3 rings (SSSR count). The van der Waals surface area contributed by atoms with Crippen LogP contribution in [0, 0.1) is 0 Å². The highest BCUT2D eigenvalue weighted by molar-refractivity contribution is 6.42. The van der Waals surface area contributed by atoms with Gasteiger partial charge in [0.05, 0.1) is 21.3 Å². The SMILES string of the molecule is Nc1n[nH]c(-c2cc[nH]c(=O)c2)c1-c1ccc(Cl)c(Cl)c1. The van der Waals surface area contributed by atoms with Gasteiger partial charge in [0.2, 0.25) is 5.56 Å². The van der Waals surface area contributed by atoms with Crippen LogP contribution in [-0.2, 0) is 0 Å². The number of aromatic nitrogens is 3. The molecule has 21 heavy (non-hydrogen) atoms. The molecule has 4 N–H and O–H groups in total. The predicted molar refractivity (Wildman–Crippen MR) is 84.5 cm³/mol. The maximum absolute atomic E-state index is 11.5. The molecule has 0 aliphatic heterocycles. The number of nitrogens with zero attached hydrogens (tertiary/aromatic N) is 1. The Hall–Kier alpha value is -2.24. The largest absolute Gasteiger partial charge is 0.382 e. The molecule has 2 heterocycles. The van der Waals surface area contributed by atoms with Crippen LogP contribution in [0.4, 0.5) is 5.82 Å². The van der Waals surface area contributed by atoms with E-state index in [1.807, 2.05) is 0 Å². The van der Waals surface area contributed by atoms with Crippen molar-refractivity contribution in [1.82, 2.24) is 15.2 Å². The molecule has 0 aliphatic carbocycles. The monoisotopic (exact) mass is 320 g/mol. The number of rotatable bonds is 2. The first-order valence-electron chi connectivity index (χ1n) is 6.04. The molecule has 106 valence electrons. The van der Waals surface area contributed by atoms with Gasteiger partial charge >= 0.3 is 0 Å². The van der Waals surface area contributed by atoms with Gasteiger partial charge in [-0.05, 0) is 23.8 Å². The number of nitrogen functional groups attached to an aromatic ring is 1. The molecule has 0 fully saturated rings. The van der Waals surface area contributed by atoms with E-state index >= 15 is 0 Å². The molecular weight excluding hydrogens is 311 g/mol. The van der Waals surface area contributed by atoms with Gasteiger partial charge in [-0.3, -0.25) is 9.89 Å². The fourth-order valence-electron chi connectivity index (χ4n) is 2.11. The van der Waals surface area contributed by atoms with Gasteiger partial charge in [0.25, 0.3) is 0 Å². The van der Waals surface area contributed by atoms with Crippen LogP contribution in [0.3, 0.4) is 0 Å². The minimum absolute atomic E-state index is 0.208. The van der Waals surface area contributed by atoms with Crippen molar-refractivity contribution in [1.29, 1.82) is 0 Å². The summed E-state index contributed by atoms with van der Waals surface area (Å²) in [7, 11) is 0. The summed E-state index contributed by atoms with van der Waals surface area (Å²) in [5.74, 6) is 0.323. The average Bonchev–Trinajstić information content (AvgIpc) is 2.84. The zero-order valence-electron chi connectivity index (χ0n) is 10.7. The summed E-state index contributed by atoms with van der Waals surface area (Å²) in [4.78, 5) is 14.0. The van der Waals surface area contributed by atoms with E-state index in [0.717, 1.165) is 5.56 Å². The van der Waals surface area contributed by atoms with Gasteiger partial charge in [-0.15, -0.1) is 0 Å². The lowest BCUT2D eigenvalue weighted by atomic mass is 10.0. The Kier molecular flexibility index (Phi) is 3.45. The van der Waals surface area contributed by atoms with E-state index in [1.54, 1.807) is 30.5 Å². The van der Waals surface area contributed by atoms with Gasteiger partial charge in [0.15, 0.2) is 5.82 Å². The topological polar surface area (TPSA) is 87.6 Å². The first kappa shape index (κ1) is 13.7. The molecule has 1 aromatic carbocycles. The van der Waals surface area contributed by atoms with E-state index in [9.17, 15) is 4.79 Å². The lowest BCUT2D eigenvalue weighted by Gasteiger charge is -2.06. The molecule has 3 aromatic rings. The van der Waals surface area contributed by atoms with Crippen LogP contribution in [-0.4, -0.2) is 15.2 Å². The standard InChI is InChI=1S/C14H10Cl2N4O/c15-9-2-1-7(5-10(9)16)12-13(19-20-14(12)17)8-3-4-18-11(21)6-8/h1-6H,(H,18,21)(H3,17,19,20). The summed E-state index contributed by atoms with van der Waals surface area (Å²) < 4.78 is 0. The van der Waals surface area contributed by atoms with Crippen LogP contribution in [0.5, 0.6) is 0 Å². The number of nitrogens with one attached hydrogen (secondary N) is 2. The van der Waals surface area contributed by atoms with E-state index in [2.05, 4.69) is 15.2 Å². The fraction of sp³-hybridized carbons (Fsp3) is 0. The molecule has 0 amide bonds. The highest BCUT2D eigenvalue weighted by Crippen LogP contribution is 2.36. The molecule has 0 radical (unpaired) electrons. The van der Waals surface area contributed by atoms with Crippen LogP contribution < -0.4 is 11.3 Å². The molecule has 5 nitrogen and oxygen atoms in total. The molecule has 0 saturated heterocycles. The van der Waals surface area contributed by atoms with Crippen molar-refractivity contribution in [3.8, 4) is 22.4 Å². The lowest BCUT2D eigenvalue weighted by molar-refractivity contribution is 1.10. The highest BCUT2D eigenvalue weighted by atomic mass is 35.5. The quantitative estimate of drug-likeness (QED) is 0.676. The number of halogens is 2. The molecule has 0 atom stereocenters. The van der Waals surface area contributed by atoms with Crippen molar-refractivity contribution in [2.45, 2.75) is 0 Å². The molecular formula is C14H10Cl2N4O. The summed E-state index contributed by atoms with van der Waals surface area (Å²) in [6.45, 7) is 0. The molecule has 0 spiro atoms. The van der Waals surface area contributed by atoms with Crippen LogP contribution in [0.25, 0.3) is 22.4 Å². The van der Waals surface area contributed by atoms with Crippen molar-refractivity contribution in [3.63, 3.8) is 0 Å². The number of aromatic amines is 2. The van der Waals surface area contributed by atoms with Gasteiger partial charge < -0.3 is 10.7 Å². The average molecular weight is 321 g/mol. The first-order valence-corrected chi connectivity index (χ1v) is 6.80. The van der Waals surface area contributed by atoms with E-state index in [0.29, 0.717) is 32.7 Å². The zero-order chi connectivity index (χ0) is 15.0. The molecule has 0 saturated carbocycles. The molecule has 0 aliphatic rings. The van der Waals surface area contributed by atoms with Crippen molar-refractivity contribution < 1.29 is 0 Å². The number of benzene rings is 1.